The maximum atomic E-state index is 13.0. The molecular weight excluding hydrogens is 473 g/mol. The molecule has 0 bridgehead atoms. The summed E-state index contributed by atoms with van der Waals surface area (Å²) < 4.78 is 26.3. The van der Waals surface area contributed by atoms with Crippen molar-refractivity contribution in [1.29, 1.82) is 0 Å². The topological polar surface area (TPSA) is 95.6 Å². The zero-order valence-corrected chi connectivity index (χ0v) is 19.3. The van der Waals surface area contributed by atoms with E-state index in [4.69, 9.17) is 34.8 Å². The molecule has 0 unspecified atom stereocenters. The molecule has 0 radical (unpaired) electrons. The van der Waals surface area contributed by atoms with E-state index in [-0.39, 0.29) is 33.6 Å². The van der Waals surface area contributed by atoms with Crippen LogP contribution in [-0.2, 0) is 14.8 Å². The molecule has 0 saturated heterocycles. The number of benzene rings is 2. The first-order chi connectivity index (χ1) is 14.1. The average Bonchev–Trinajstić information content (AvgIpc) is 2.69. The van der Waals surface area contributed by atoms with Crippen molar-refractivity contribution in [2.75, 3.05) is 25.5 Å². The summed E-state index contributed by atoms with van der Waals surface area (Å²) in [5.41, 5.74) is 0.342. The first-order valence-electron chi connectivity index (χ1n) is 8.86. The molecule has 0 aromatic heterocycles. The van der Waals surface area contributed by atoms with E-state index < -0.39 is 21.8 Å². The van der Waals surface area contributed by atoms with E-state index in [1.807, 2.05) is 6.92 Å². The maximum Gasteiger partial charge on any atom is 0.255 e. The summed E-state index contributed by atoms with van der Waals surface area (Å²) in [7, 11) is -2.50. The minimum Gasteiger partial charge on any atom is -0.329 e. The van der Waals surface area contributed by atoms with Crippen molar-refractivity contribution in [1.82, 2.24) is 9.62 Å². The van der Waals surface area contributed by atoms with Gasteiger partial charge in [0.25, 0.3) is 5.91 Å². The fourth-order valence-electron chi connectivity index (χ4n) is 2.60. The zero-order valence-electron chi connectivity index (χ0n) is 16.2. The highest BCUT2D eigenvalue weighted by Crippen LogP contribution is 2.26. The van der Waals surface area contributed by atoms with Crippen molar-refractivity contribution in [3.05, 3.63) is 57.0 Å². The molecule has 0 atom stereocenters. The fraction of sp³-hybridized carbons (Fsp3) is 0.263. The summed E-state index contributed by atoms with van der Waals surface area (Å²) in [6.07, 6.45) is 0.576. The SMILES string of the molecule is CCCN(CC(=O)Nc1ccc(Cl)cc1Cl)C(=O)c1cc(S(=O)(=O)NC)ccc1Cl. The highest BCUT2D eigenvalue weighted by atomic mass is 35.5. The van der Waals surface area contributed by atoms with Gasteiger partial charge in [0.2, 0.25) is 15.9 Å². The zero-order chi connectivity index (χ0) is 22.5. The van der Waals surface area contributed by atoms with E-state index in [9.17, 15) is 18.0 Å². The number of halogens is 3. The van der Waals surface area contributed by atoms with Gasteiger partial charge in [0, 0.05) is 11.6 Å². The van der Waals surface area contributed by atoms with Crippen molar-refractivity contribution >= 4 is 62.3 Å². The van der Waals surface area contributed by atoms with Crippen LogP contribution in [0.3, 0.4) is 0 Å². The number of sulfonamides is 1. The lowest BCUT2D eigenvalue weighted by molar-refractivity contribution is -0.116. The van der Waals surface area contributed by atoms with Gasteiger partial charge < -0.3 is 10.2 Å². The number of nitrogens with one attached hydrogen (secondary N) is 2. The molecule has 2 rings (SSSR count). The summed E-state index contributed by atoms with van der Waals surface area (Å²) in [6.45, 7) is 1.84. The molecule has 11 heteroatoms. The van der Waals surface area contributed by atoms with E-state index in [0.29, 0.717) is 17.1 Å². The lowest BCUT2D eigenvalue weighted by Crippen LogP contribution is -2.38. The first-order valence-corrected chi connectivity index (χ1v) is 11.5. The highest BCUT2D eigenvalue weighted by Gasteiger charge is 2.23. The van der Waals surface area contributed by atoms with Gasteiger partial charge in [0.1, 0.15) is 6.54 Å². The first kappa shape index (κ1) is 24.4. The van der Waals surface area contributed by atoms with Crippen LogP contribution < -0.4 is 10.0 Å². The Kier molecular flexibility index (Phi) is 8.52. The van der Waals surface area contributed by atoms with Crippen molar-refractivity contribution in [3.8, 4) is 0 Å². The van der Waals surface area contributed by atoms with Gasteiger partial charge in [-0.2, -0.15) is 0 Å². The summed E-state index contributed by atoms with van der Waals surface area (Å²) >= 11 is 18.1. The molecule has 0 saturated carbocycles. The minimum absolute atomic E-state index is 0.0150. The summed E-state index contributed by atoms with van der Waals surface area (Å²) in [6, 6.07) is 8.43. The molecule has 7 nitrogen and oxygen atoms in total. The van der Waals surface area contributed by atoms with Gasteiger partial charge in [0.15, 0.2) is 0 Å². The molecule has 0 heterocycles. The van der Waals surface area contributed by atoms with Gasteiger partial charge in [-0.25, -0.2) is 13.1 Å². The average molecular weight is 493 g/mol. The Morgan fingerprint density at radius 1 is 1.03 bits per heavy atom. The second-order valence-electron chi connectivity index (χ2n) is 6.25. The van der Waals surface area contributed by atoms with E-state index in [1.165, 1.54) is 36.2 Å². The van der Waals surface area contributed by atoms with E-state index in [1.54, 1.807) is 12.1 Å². The van der Waals surface area contributed by atoms with Crippen LogP contribution >= 0.6 is 34.8 Å². The lowest BCUT2D eigenvalue weighted by atomic mass is 10.2. The van der Waals surface area contributed by atoms with Crippen molar-refractivity contribution in [2.24, 2.45) is 0 Å². The van der Waals surface area contributed by atoms with Crippen LogP contribution in [0, 0.1) is 0 Å². The van der Waals surface area contributed by atoms with Crippen molar-refractivity contribution in [2.45, 2.75) is 18.2 Å². The van der Waals surface area contributed by atoms with Crippen LogP contribution in [0.15, 0.2) is 41.3 Å². The Morgan fingerprint density at radius 2 is 1.73 bits per heavy atom. The molecule has 0 fully saturated rings. The number of carbonyl (C=O) groups excluding carboxylic acids is 2. The Bertz CT molecular complexity index is 1060. The monoisotopic (exact) mass is 491 g/mol. The van der Waals surface area contributed by atoms with E-state index in [2.05, 4.69) is 10.0 Å². The van der Waals surface area contributed by atoms with Gasteiger partial charge in [-0.05, 0) is 49.9 Å². The van der Waals surface area contributed by atoms with Crippen LogP contribution in [0.2, 0.25) is 15.1 Å². The maximum absolute atomic E-state index is 13.0. The number of carbonyl (C=O) groups is 2. The van der Waals surface area contributed by atoms with E-state index in [0.717, 1.165) is 0 Å². The molecule has 2 amide bonds. The second-order valence-corrected chi connectivity index (χ2v) is 9.39. The number of anilines is 1. The van der Waals surface area contributed by atoms with Gasteiger partial charge in [-0.15, -0.1) is 0 Å². The van der Waals surface area contributed by atoms with Crippen LogP contribution in [0.4, 0.5) is 5.69 Å². The third-order valence-corrected chi connectivity index (χ3v) is 6.36. The molecule has 0 aliphatic rings. The molecule has 0 spiro atoms. The Hall–Kier alpha value is -1.84. The van der Waals surface area contributed by atoms with Gasteiger partial charge >= 0.3 is 0 Å². The smallest absolute Gasteiger partial charge is 0.255 e. The molecule has 0 aliphatic heterocycles. The summed E-state index contributed by atoms with van der Waals surface area (Å²) in [5, 5.41) is 3.39. The van der Waals surface area contributed by atoms with Gasteiger partial charge in [-0.1, -0.05) is 41.7 Å². The van der Waals surface area contributed by atoms with Gasteiger partial charge in [0.05, 0.1) is 26.2 Å². The second kappa shape index (κ2) is 10.5. The number of hydrogen-bond acceptors (Lipinski definition) is 4. The molecule has 2 aromatic rings. The molecule has 2 N–H and O–H groups in total. The quantitative estimate of drug-likeness (QED) is 0.581. The lowest BCUT2D eigenvalue weighted by Gasteiger charge is -2.22. The third-order valence-electron chi connectivity index (χ3n) is 4.07. The molecule has 0 aliphatic carbocycles. The van der Waals surface area contributed by atoms with Crippen LogP contribution in [0.1, 0.15) is 23.7 Å². The molecular formula is C19H20Cl3N3O4S. The number of hydrogen-bond donors (Lipinski definition) is 2. The van der Waals surface area contributed by atoms with Crippen LogP contribution in [0.25, 0.3) is 0 Å². The summed E-state index contributed by atoms with van der Waals surface area (Å²) in [4.78, 5) is 26.7. The van der Waals surface area contributed by atoms with Crippen molar-refractivity contribution < 1.29 is 18.0 Å². The van der Waals surface area contributed by atoms with Crippen LogP contribution in [0.5, 0.6) is 0 Å². The highest BCUT2D eigenvalue weighted by molar-refractivity contribution is 7.89. The number of rotatable bonds is 8. The Balaban J connectivity index is 2.26. The third kappa shape index (κ3) is 6.09. The van der Waals surface area contributed by atoms with E-state index >= 15 is 0 Å². The number of nitrogens with zero attached hydrogens (tertiary/aromatic N) is 1. The molecule has 162 valence electrons. The number of amides is 2. The largest absolute Gasteiger partial charge is 0.329 e. The molecule has 30 heavy (non-hydrogen) atoms. The van der Waals surface area contributed by atoms with Gasteiger partial charge in [-0.3, -0.25) is 9.59 Å². The normalized spacial score (nSPS) is 11.2. The standard InChI is InChI=1S/C19H20Cl3N3O4S/c1-3-8-25(11-18(26)24-17-7-4-12(20)9-16(17)22)19(27)14-10-13(5-6-15(14)21)30(28,29)23-2/h4-7,9-10,23H,3,8,11H2,1-2H3,(H,24,26). The predicted octanol–water partition coefficient (Wildman–Crippen LogP) is 4.05. The Morgan fingerprint density at radius 3 is 2.33 bits per heavy atom. The fourth-order valence-corrected chi connectivity index (χ4v) is 4.01. The Labute approximate surface area is 190 Å². The minimum atomic E-state index is -3.77. The summed E-state index contributed by atoms with van der Waals surface area (Å²) in [5.74, 6) is -1.04. The predicted molar refractivity (Wildman–Crippen MR) is 119 cm³/mol. The van der Waals surface area contributed by atoms with Crippen LogP contribution in [-0.4, -0.2) is 45.3 Å². The van der Waals surface area contributed by atoms with Crippen molar-refractivity contribution in [3.63, 3.8) is 0 Å². The molecule has 2 aromatic carbocycles.